The van der Waals surface area contributed by atoms with Crippen molar-refractivity contribution in [3.8, 4) is 5.75 Å². The molecule has 184 valence electrons. The van der Waals surface area contributed by atoms with Crippen LogP contribution in [0.4, 0.5) is 0 Å². The fourth-order valence-electron chi connectivity index (χ4n) is 4.32. The van der Waals surface area contributed by atoms with Crippen molar-refractivity contribution in [1.29, 1.82) is 0 Å². The number of carbonyl (C=O) groups is 2. The second-order valence-corrected chi connectivity index (χ2v) is 8.59. The Labute approximate surface area is 203 Å². The van der Waals surface area contributed by atoms with E-state index in [4.69, 9.17) is 9.47 Å². The molecule has 9 heteroatoms. The molecule has 2 aromatic heterocycles. The summed E-state index contributed by atoms with van der Waals surface area (Å²) in [6, 6.07) is 13.1. The number of esters is 1. The number of aromatic nitrogens is 3. The number of rotatable bonds is 7. The highest BCUT2D eigenvalue weighted by atomic mass is 16.5. The van der Waals surface area contributed by atoms with Gasteiger partial charge in [0.1, 0.15) is 11.3 Å². The molecular formula is C26H30N4O5. The number of benzene rings is 1. The first-order valence-electron chi connectivity index (χ1n) is 11.7. The maximum Gasteiger partial charge on any atom is 0.343 e. The molecule has 1 amide bonds. The average molecular weight is 479 g/mol. The molecule has 1 aliphatic rings. The predicted octanol–water partition coefficient (Wildman–Crippen LogP) is 2.39. The first-order valence-corrected chi connectivity index (χ1v) is 11.7. The van der Waals surface area contributed by atoms with Crippen LogP contribution in [0.1, 0.15) is 44.2 Å². The lowest BCUT2D eigenvalue weighted by molar-refractivity contribution is 0.0593. The Hall–Kier alpha value is -3.88. The third-order valence-electron chi connectivity index (χ3n) is 6.31. The SMILES string of the molecule is COC(=O)c1c(OCCCc2ccccc2)cc(=O)n2c1CCN(C(=O)c1cc(C)n(C)n1)CC2. The van der Waals surface area contributed by atoms with Crippen LogP contribution in [0.3, 0.4) is 0 Å². The van der Waals surface area contributed by atoms with Crippen molar-refractivity contribution in [1.82, 2.24) is 19.2 Å². The molecule has 0 radical (unpaired) electrons. The Kier molecular flexibility index (Phi) is 7.33. The van der Waals surface area contributed by atoms with Gasteiger partial charge in [-0.05, 0) is 31.4 Å². The van der Waals surface area contributed by atoms with Gasteiger partial charge in [-0.1, -0.05) is 30.3 Å². The van der Waals surface area contributed by atoms with Crippen LogP contribution in [0, 0.1) is 6.92 Å². The van der Waals surface area contributed by atoms with Gasteiger partial charge in [0.05, 0.1) is 13.7 Å². The van der Waals surface area contributed by atoms with Gasteiger partial charge in [-0.25, -0.2) is 4.79 Å². The zero-order valence-corrected chi connectivity index (χ0v) is 20.3. The molecule has 0 saturated carbocycles. The molecule has 3 heterocycles. The van der Waals surface area contributed by atoms with Crippen molar-refractivity contribution in [2.45, 2.75) is 32.7 Å². The molecule has 0 fully saturated rings. The lowest BCUT2D eigenvalue weighted by atomic mass is 10.1. The summed E-state index contributed by atoms with van der Waals surface area (Å²) in [5.41, 5.74) is 2.93. The third-order valence-corrected chi connectivity index (χ3v) is 6.31. The van der Waals surface area contributed by atoms with Crippen molar-refractivity contribution in [3.63, 3.8) is 0 Å². The molecule has 9 nitrogen and oxygen atoms in total. The number of aryl methyl sites for hydroxylation is 3. The fraction of sp³-hybridized carbons (Fsp3) is 0.385. The number of methoxy groups -OCH3 is 1. The number of amides is 1. The van der Waals surface area contributed by atoms with Gasteiger partial charge in [0.15, 0.2) is 5.69 Å². The first kappa shape index (κ1) is 24.3. The second-order valence-electron chi connectivity index (χ2n) is 8.59. The zero-order chi connectivity index (χ0) is 24.9. The van der Waals surface area contributed by atoms with Crippen molar-refractivity contribution < 1.29 is 19.1 Å². The molecule has 0 N–H and O–H groups in total. The van der Waals surface area contributed by atoms with Crippen LogP contribution in [-0.4, -0.2) is 57.9 Å². The van der Waals surface area contributed by atoms with E-state index < -0.39 is 5.97 Å². The highest BCUT2D eigenvalue weighted by molar-refractivity contribution is 5.94. The molecule has 4 rings (SSSR count). The van der Waals surface area contributed by atoms with Crippen molar-refractivity contribution in [2.24, 2.45) is 7.05 Å². The van der Waals surface area contributed by atoms with Gasteiger partial charge in [0.2, 0.25) is 0 Å². The van der Waals surface area contributed by atoms with Crippen LogP contribution in [0.25, 0.3) is 0 Å². The van der Waals surface area contributed by atoms with Crippen molar-refractivity contribution in [3.05, 3.63) is 81.0 Å². The van der Waals surface area contributed by atoms with Crippen LogP contribution in [-0.2, 0) is 31.2 Å². The monoisotopic (exact) mass is 478 g/mol. The maximum absolute atomic E-state index is 13.0. The lowest BCUT2D eigenvalue weighted by Crippen LogP contribution is -2.34. The van der Waals surface area contributed by atoms with E-state index in [1.54, 1.807) is 27.3 Å². The molecule has 0 aliphatic carbocycles. The van der Waals surface area contributed by atoms with E-state index in [1.165, 1.54) is 18.7 Å². The van der Waals surface area contributed by atoms with E-state index in [9.17, 15) is 14.4 Å². The Morgan fingerprint density at radius 2 is 1.86 bits per heavy atom. The minimum absolute atomic E-state index is 0.202. The molecule has 1 aliphatic heterocycles. The summed E-state index contributed by atoms with van der Waals surface area (Å²) in [6.07, 6.45) is 1.87. The molecule has 0 saturated heterocycles. The van der Waals surface area contributed by atoms with Crippen LogP contribution in [0.15, 0.2) is 47.3 Å². The van der Waals surface area contributed by atoms with Crippen molar-refractivity contribution in [2.75, 3.05) is 26.8 Å². The number of pyridine rings is 1. The number of nitrogens with zero attached hydrogens (tertiary/aromatic N) is 4. The topological polar surface area (TPSA) is 95.7 Å². The number of hydrogen-bond acceptors (Lipinski definition) is 6. The summed E-state index contributed by atoms with van der Waals surface area (Å²) in [6.45, 7) is 3.18. The largest absolute Gasteiger partial charge is 0.492 e. The third kappa shape index (κ3) is 5.29. The van der Waals surface area contributed by atoms with Crippen LogP contribution in [0.5, 0.6) is 5.75 Å². The van der Waals surface area contributed by atoms with Crippen LogP contribution < -0.4 is 10.3 Å². The molecule has 3 aromatic rings. The van der Waals surface area contributed by atoms with E-state index in [2.05, 4.69) is 5.10 Å². The smallest absolute Gasteiger partial charge is 0.343 e. The Balaban J connectivity index is 1.54. The van der Waals surface area contributed by atoms with Gasteiger partial charge < -0.3 is 18.9 Å². The molecule has 0 spiro atoms. The normalized spacial score (nSPS) is 13.2. The molecule has 35 heavy (non-hydrogen) atoms. The van der Waals surface area contributed by atoms with E-state index in [0.717, 1.165) is 18.5 Å². The summed E-state index contributed by atoms with van der Waals surface area (Å²) in [7, 11) is 3.09. The van der Waals surface area contributed by atoms with Crippen molar-refractivity contribution >= 4 is 11.9 Å². The minimum Gasteiger partial charge on any atom is -0.492 e. The molecule has 1 aromatic carbocycles. The maximum atomic E-state index is 13.0. The molecule has 0 bridgehead atoms. The Morgan fingerprint density at radius 1 is 1.09 bits per heavy atom. The van der Waals surface area contributed by atoms with Gasteiger partial charge in [0, 0.05) is 50.6 Å². The van der Waals surface area contributed by atoms with Gasteiger partial charge in [-0.2, -0.15) is 5.10 Å². The van der Waals surface area contributed by atoms with Gasteiger partial charge >= 0.3 is 5.97 Å². The average Bonchev–Trinajstić information content (AvgIpc) is 3.05. The highest BCUT2D eigenvalue weighted by Gasteiger charge is 2.28. The van der Waals surface area contributed by atoms with E-state index in [1.807, 2.05) is 37.3 Å². The van der Waals surface area contributed by atoms with Gasteiger partial charge in [-0.15, -0.1) is 0 Å². The fourth-order valence-corrected chi connectivity index (χ4v) is 4.32. The first-order chi connectivity index (χ1) is 16.9. The molecule has 0 unspecified atom stereocenters. The van der Waals surface area contributed by atoms with Gasteiger partial charge in [-0.3, -0.25) is 14.3 Å². The Bertz CT molecular complexity index is 1260. The Morgan fingerprint density at radius 3 is 2.54 bits per heavy atom. The molecule has 0 atom stereocenters. The number of carbonyl (C=O) groups excluding carboxylic acids is 2. The number of fused-ring (bicyclic) bond motifs is 1. The quantitative estimate of drug-likeness (QED) is 0.382. The summed E-state index contributed by atoms with van der Waals surface area (Å²) in [5, 5.41) is 4.28. The van der Waals surface area contributed by atoms with E-state index >= 15 is 0 Å². The summed E-state index contributed by atoms with van der Waals surface area (Å²) in [4.78, 5) is 40.4. The van der Waals surface area contributed by atoms with E-state index in [-0.39, 0.29) is 29.3 Å². The highest BCUT2D eigenvalue weighted by Crippen LogP contribution is 2.25. The summed E-state index contributed by atoms with van der Waals surface area (Å²) in [5.74, 6) is -0.542. The molecular weight excluding hydrogens is 448 g/mol. The minimum atomic E-state index is -0.563. The number of ether oxygens (including phenoxy) is 2. The standard InChI is InChI=1S/C26H30N4O5/c1-18-16-20(27-28(18)2)25(32)29-12-11-21-24(26(33)34-3)22(17-23(31)30(21)14-13-29)35-15-7-10-19-8-5-4-6-9-19/h4-6,8-9,16-17H,7,10-15H2,1-3H3. The number of hydrogen-bond donors (Lipinski definition) is 0. The predicted molar refractivity (Wildman–Crippen MR) is 130 cm³/mol. The summed E-state index contributed by atoms with van der Waals surface area (Å²) >= 11 is 0. The van der Waals surface area contributed by atoms with E-state index in [0.29, 0.717) is 37.5 Å². The lowest BCUT2D eigenvalue weighted by Gasteiger charge is -2.18. The van der Waals surface area contributed by atoms with Gasteiger partial charge in [0.25, 0.3) is 11.5 Å². The zero-order valence-electron chi connectivity index (χ0n) is 20.3. The second kappa shape index (κ2) is 10.6. The van der Waals surface area contributed by atoms with Crippen LogP contribution in [0.2, 0.25) is 0 Å². The van der Waals surface area contributed by atoms with Crippen LogP contribution >= 0.6 is 0 Å². The summed E-state index contributed by atoms with van der Waals surface area (Å²) < 4.78 is 14.1.